The lowest BCUT2D eigenvalue weighted by atomic mass is 10.1. The summed E-state index contributed by atoms with van der Waals surface area (Å²) in [5.41, 5.74) is 1.76. The van der Waals surface area contributed by atoms with Crippen LogP contribution in [0, 0.1) is 5.82 Å². The molecule has 1 atom stereocenters. The second-order valence-electron chi connectivity index (χ2n) is 5.70. The number of Topliss-reactive ketones (excluding diaryl/α,β-unsaturated/α-hetero) is 1. The van der Waals surface area contributed by atoms with Gasteiger partial charge in [0.1, 0.15) is 11.9 Å². The van der Waals surface area contributed by atoms with E-state index in [1.165, 1.54) is 19.1 Å². The molecule has 0 fully saturated rings. The first kappa shape index (κ1) is 19.4. The molecule has 132 valence electrons. The van der Waals surface area contributed by atoms with Crippen LogP contribution in [0.1, 0.15) is 35.8 Å². The molecule has 0 spiro atoms. The molecule has 0 saturated carbocycles. The number of amides is 1. The van der Waals surface area contributed by atoms with E-state index in [0.29, 0.717) is 21.8 Å². The summed E-state index contributed by atoms with van der Waals surface area (Å²) in [6, 6.07) is 9.07. The molecule has 2 aromatic carbocycles. The Kier molecular flexibility index (Phi) is 6.53. The first-order valence-corrected chi connectivity index (χ1v) is 8.42. The number of carbonyl (C=O) groups excluding carboxylic acids is 2. The summed E-state index contributed by atoms with van der Waals surface area (Å²) < 4.78 is 13.6. The molecule has 1 amide bonds. The molecule has 0 aliphatic carbocycles. The van der Waals surface area contributed by atoms with Gasteiger partial charge in [-0.05, 0) is 50.2 Å². The predicted molar refractivity (Wildman–Crippen MR) is 96.7 cm³/mol. The number of benzene rings is 2. The number of quaternary nitrogens is 1. The Morgan fingerprint density at radius 1 is 1.16 bits per heavy atom. The SMILES string of the molecule is CC(=O)c1ccc(NC(=O)C[NH2+][C@@H](C)c2cc(F)c(Cl)cc2Cl)cc1. The van der Waals surface area contributed by atoms with Crippen LogP contribution < -0.4 is 10.6 Å². The molecular weight excluding hydrogens is 366 g/mol. The summed E-state index contributed by atoms with van der Waals surface area (Å²) in [7, 11) is 0. The first-order chi connectivity index (χ1) is 11.8. The monoisotopic (exact) mass is 383 g/mol. The van der Waals surface area contributed by atoms with Gasteiger partial charge >= 0.3 is 0 Å². The minimum Gasteiger partial charge on any atom is -0.332 e. The third-order valence-corrected chi connectivity index (χ3v) is 4.38. The molecule has 0 bridgehead atoms. The zero-order valence-corrected chi connectivity index (χ0v) is 15.3. The van der Waals surface area contributed by atoms with Gasteiger partial charge in [-0.2, -0.15) is 0 Å². The van der Waals surface area contributed by atoms with Crippen LogP contribution in [0.15, 0.2) is 36.4 Å². The van der Waals surface area contributed by atoms with E-state index in [4.69, 9.17) is 23.2 Å². The summed E-state index contributed by atoms with van der Waals surface area (Å²) >= 11 is 11.8. The Balaban J connectivity index is 1.93. The average Bonchev–Trinajstić information content (AvgIpc) is 2.56. The molecule has 25 heavy (non-hydrogen) atoms. The largest absolute Gasteiger partial charge is 0.332 e. The van der Waals surface area contributed by atoms with Gasteiger partial charge in [0.05, 0.1) is 10.0 Å². The molecule has 4 nitrogen and oxygen atoms in total. The zero-order valence-electron chi connectivity index (χ0n) is 13.8. The minimum atomic E-state index is -0.545. The average molecular weight is 384 g/mol. The summed E-state index contributed by atoms with van der Waals surface area (Å²) in [6.45, 7) is 3.44. The van der Waals surface area contributed by atoms with Gasteiger partial charge in [-0.3, -0.25) is 9.59 Å². The minimum absolute atomic E-state index is 0.0345. The molecule has 0 saturated heterocycles. The van der Waals surface area contributed by atoms with Crippen LogP contribution in [-0.4, -0.2) is 18.2 Å². The fraction of sp³-hybridized carbons (Fsp3) is 0.222. The van der Waals surface area contributed by atoms with Crippen molar-refractivity contribution < 1.29 is 19.3 Å². The van der Waals surface area contributed by atoms with Gasteiger partial charge in [0.15, 0.2) is 12.3 Å². The van der Waals surface area contributed by atoms with Crippen molar-refractivity contribution in [3.63, 3.8) is 0 Å². The van der Waals surface area contributed by atoms with Gasteiger partial charge < -0.3 is 10.6 Å². The summed E-state index contributed by atoms with van der Waals surface area (Å²) in [6.07, 6.45) is 0. The van der Waals surface area contributed by atoms with E-state index in [0.717, 1.165) is 0 Å². The van der Waals surface area contributed by atoms with E-state index in [1.54, 1.807) is 29.6 Å². The van der Waals surface area contributed by atoms with Crippen molar-refractivity contribution in [3.8, 4) is 0 Å². The third kappa shape index (κ3) is 5.26. The topological polar surface area (TPSA) is 62.8 Å². The molecule has 7 heteroatoms. The van der Waals surface area contributed by atoms with E-state index in [9.17, 15) is 14.0 Å². The van der Waals surface area contributed by atoms with Crippen molar-refractivity contribution in [1.29, 1.82) is 0 Å². The fourth-order valence-electron chi connectivity index (χ4n) is 2.30. The van der Waals surface area contributed by atoms with Crippen molar-refractivity contribution in [2.45, 2.75) is 19.9 Å². The van der Waals surface area contributed by atoms with Crippen LogP contribution in [0.2, 0.25) is 10.0 Å². The highest BCUT2D eigenvalue weighted by Gasteiger charge is 2.17. The smallest absolute Gasteiger partial charge is 0.279 e. The number of halogens is 3. The summed E-state index contributed by atoms with van der Waals surface area (Å²) in [5, 5.41) is 4.81. The van der Waals surface area contributed by atoms with E-state index in [-0.39, 0.29) is 29.3 Å². The quantitative estimate of drug-likeness (QED) is 0.591. The van der Waals surface area contributed by atoms with Crippen molar-refractivity contribution >= 4 is 40.6 Å². The van der Waals surface area contributed by atoms with Crippen LogP contribution in [0.4, 0.5) is 10.1 Å². The standard InChI is InChI=1S/C18H17Cl2FN2O2/c1-10(14-7-17(21)16(20)8-15(14)19)22-9-18(25)23-13-5-3-12(4-6-13)11(2)24/h3-8,10,22H,9H2,1-2H3,(H,23,25)/p+1/t10-/m0/s1. The van der Waals surface area contributed by atoms with Crippen molar-refractivity contribution in [1.82, 2.24) is 0 Å². The second kappa shape index (κ2) is 8.43. The molecule has 0 aliphatic heterocycles. The molecular formula is C18H18Cl2FN2O2+. The zero-order chi connectivity index (χ0) is 18.6. The highest BCUT2D eigenvalue weighted by atomic mass is 35.5. The lowest BCUT2D eigenvalue weighted by Gasteiger charge is -2.13. The summed E-state index contributed by atoms with van der Waals surface area (Å²) in [4.78, 5) is 23.3. The highest BCUT2D eigenvalue weighted by Crippen LogP contribution is 2.27. The van der Waals surface area contributed by atoms with E-state index >= 15 is 0 Å². The van der Waals surface area contributed by atoms with Gasteiger partial charge in [-0.15, -0.1) is 0 Å². The fourth-order valence-corrected chi connectivity index (χ4v) is 2.85. The van der Waals surface area contributed by atoms with Crippen molar-refractivity contribution in [2.75, 3.05) is 11.9 Å². The number of rotatable bonds is 6. The highest BCUT2D eigenvalue weighted by molar-refractivity contribution is 6.35. The van der Waals surface area contributed by atoms with Crippen LogP contribution in [0.25, 0.3) is 0 Å². The maximum absolute atomic E-state index is 13.6. The number of carbonyl (C=O) groups is 2. The van der Waals surface area contributed by atoms with E-state index in [2.05, 4.69) is 5.32 Å². The molecule has 2 rings (SSSR count). The lowest BCUT2D eigenvalue weighted by Crippen LogP contribution is -2.86. The van der Waals surface area contributed by atoms with Gasteiger partial charge in [-0.1, -0.05) is 23.2 Å². The lowest BCUT2D eigenvalue weighted by molar-refractivity contribution is -0.682. The maximum atomic E-state index is 13.6. The number of ketones is 1. The predicted octanol–water partition coefficient (Wildman–Crippen LogP) is 3.60. The van der Waals surface area contributed by atoms with Gasteiger partial charge in [0.2, 0.25) is 0 Å². The summed E-state index contributed by atoms with van der Waals surface area (Å²) in [5.74, 6) is -0.795. The Labute approximate surface area is 155 Å². The molecule has 0 radical (unpaired) electrons. The molecule has 0 aromatic heterocycles. The number of nitrogens with one attached hydrogen (secondary N) is 1. The van der Waals surface area contributed by atoms with Crippen LogP contribution in [0.5, 0.6) is 0 Å². The van der Waals surface area contributed by atoms with Gasteiger partial charge in [0, 0.05) is 16.8 Å². The number of hydrogen-bond donors (Lipinski definition) is 2. The molecule has 0 heterocycles. The van der Waals surface area contributed by atoms with Crippen molar-refractivity contribution in [3.05, 3.63) is 63.4 Å². The third-order valence-electron chi connectivity index (χ3n) is 3.76. The molecule has 2 aromatic rings. The van der Waals surface area contributed by atoms with Crippen LogP contribution in [-0.2, 0) is 4.79 Å². The van der Waals surface area contributed by atoms with E-state index in [1.807, 2.05) is 6.92 Å². The second-order valence-corrected chi connectivity index (χ2v) is 6.51. The Morgan fingerprint density at radius 3 is 2.40 bits per heavy atom. The van der Waals surface area contributed by atoms with Gasteiger partial charge in [0.25, 0.3) is 5.91 Å². The number of nitrogens with two attached hydrogens (primary N) is 1. The molecule has 0 unspecified atom stereocenters. The Hall–Kier alpha value is -1.95. The first-order valence-electron chi connectivity index (χ1n) is 7.66. The van der Waals surface area contributed by atoms with Crippen LogP contribution in [0.3, 0.4) is 0 Å². The number of anilines is 1. The normalized spacial score (nSPS) is 11.9. The Morgan fingerprint density at radius 2 is 1.80 bits per heavy atom. The van der Waals surface area contributed by atoms with Crippen LogP contribution >= 0.6 is 23.2 Å². The maximum Gasteiger partial charge on any atom is 0.279 e. The molecule has 0 aliphatic rings. The molecule has 3 N–H and O–H groups in total. The van der Waals surface area contributed by atoms with E-state index < -0.39 is 5.82 Å². The Bertz CT molecular complexity index is 794. The van der Waals surface area contributed by atoms with Crippen molar-refractivity contribution in [2.24, 2.45) is 0 Å². The number of hydrogen-bond acceptors (Lipinski definition) is 2. The van der Waals surface area contributed by atoms with Gasteiger partial charge in [-0.25, -0.2) is 4.39 Å².